The van der Waals surface area contributed by atoms with E-state index in [-0.39, 0.29) is 0 Å². The summed E-state index contributed by atoms with van der Waals surface area (Å²) in [6, 6.07) is 12.7. The van der Waals surface area contributed by atoms with Crippen molar-refractivity contribution in [3.63, 3.8) is 0 Å². The van der Waals surface area contributed by atoms with Gasteiger partial charge in [-0.25, -0.2) is 9.97 Å². The largest absolute Gasteiger partial charge is 0.368 e. The summed E-state index contributed by atoms with van der Waals surface area (Å²) in [5, 5.41) is 1.30. The topological polar surface area (TPSA) is 45.2 Å². The molecule has 0 unspecified atom stereocenters. The van der Waals surface area contributed by atoms with Gasteiger partial charge in [0.25, 0.3) is 0 Å². The molecule has 1 aliphatic carbocycles. The van der Waals surface area contributed by atoms with Gasteiger partial charge in [0.1, 0.15) is 10.6 Å². The van der Waals surface area contributed by atoms with Crippen LogP contribution in [0.15, 0.2) is 48.8 Å². The second-order valence-corrected chi connectivity index (χ2v) is 9.49. The fraction of sp³-hybridized carbons (Fsp3) is 0.320. The predicted octanol–water partition coefficient (Wildman–Crippen LogP) is 4.88. The molecular weight excluding hydrogens is 402 g/mol. The molecule has 0 N–H and O–H groups in total. The minimum absolute atomic E-state index is 0.789. The first-order chi connectivity index (χ1) is 15.3. The van der Waals surface area contributed by atoms with Gasteiger partial charge < -0.3 is 9.80 Å². The molecule has 1 aliphatic heterocycles. The van der Waals surface area contributed by atoms with Gasteiger partial charge in [-0.2, -0.15) is 0 Å². The molecule has 0 atom stereocenters. The number of aryl methyl sites for hydroxylation is 3. The number of benzene rings is 1. The number of nitrogens with zero attached hydrogens (tertiary/aromatic N) is 5. The van der Waals surface area contributed by atoms with Crippen LogP contribution in [0.3, 0.4) is 0 Å². The van der Waals surface area contributed by atoms with Crippen LogP contribution in [0.1, 0.15) is 22.4 Å². The summed E-state index contributed by atoms with van der Waals surface area (Å²) in [5.41, 5.74) is 5.17. The average molecular weight is 428 g/mol. The van der Waals surface area contributed by atoms with Crippen molar-refractivity contribution in [1.29, 1.82) is 0 Å². The third kappa shape index (κ3) is 3.26. The molecule has 0 bridgehead atoms. The summed E-state index contributed by atoms with van der Waals surface area (Å²) in [6.45, 7) is 6.15. The van der Waals surface area contributed by atoms with E-state index in [4.69, 9.17) is 9.97 Å². The lowest BCUT2D eigenvalue weighted by atomic mass is 10.1. The van der Waals surface area contributed by atoms with E-state index < -0.39 is 0 Å². The van der Waals surface area contributed by atoms with Crippen LogP contribution >= 0.6 is 11.3 Å². The highest BCUT2D eigenvalue weighted by Gasteiger charge is 2.27. The molecule has 0 amide bonds. The van der Waals surface area contributed by atoms with Gasteiger partial charge in [0, 0.05) is 54.7 Å². The molecule has 6 rings (SSSR count). The van der Waals surface area contributed by atoms with E-state index in [1.54, 1.807) is 6.20 Å². The first-order valence-corrected chi connectivity index (χ1v) is 11.9. The third-order valence-corrected chi connectivity index (χ3v) is 7.69. The van der Waals surface area contributed by atoms with E-state index >= 15 is 0 Å². The maximum Gasteiger partial charge on any atom is 0.164 e. The van der Waals surface area contributed by atoms with Gasteiger partial charge >= 0.3 is 0 Å². The molecule has 156 valence electrons. The molecule has 3 aromatic heterocycles. The van der Waals surface area contributed by atoms with Crippen molar-refractivity contribution in [2.45, 2.75) is 26.2 Å². The van der Waals surface area contributed by atoms with Crippen molar-refractivity contribution >= 4 is 33.1 Å². The summed E-state index contributed by atoms with van der Waals surface area (Å²) in [7, 11) is 0. The fourth-order valence-corrected chi connectivity index (χ4v) is 6.16. The molecule has 5 nitrogen and oxygen atoms in total. The zero-order chi connectivity index (χ0) is 20.8. The van der Waals surface area contributed by atoms with Crippen molar-refractivity contribution in [1.82, 2.24) is 15.0 Å². The lowest BCUT2D eigenvalue weighted by Crippen LogP contribution is -2.47. The van der Waals surface area contributed by atoms with E-state index in [0.29, 0.717) is 0 Å². The number of piperazine rings is 1. The maximum atomic E-state index is 5.12. The van der Waals surface area contributed by atoms with Crippen molar-refractivity contribution in [2.75, 3.05) is 36.0 Å². The Kier molecular flexibility index (Phi) is 4.60. The zero-order valence-corrected chi connectivity index (χ0v) is 18.5. The van der Waals surface area contributed by atoms with Gasteiger partial charge in [0.2, 0.25) is 0 Å². The highest BCUT2D eigenvalue weighted by molar-refractivity contribution is 7.19. The normalized spacial score (nSPS) is 16.2. The van der Waals surface area contributed by atoms with E-state index in [9.17, 15) is 0 Å². The lowest BCUT2D eigenvalue weighted by molar-refractivity contribution is 0.648. The lowest BCUT2D eigenvalue weighted by Gasteiger charge is -2.37. The van der Waals surface area contributed by atoms with Crippen molar-refractivity contribution < 1.29 is 0 Å². The number of anilines is 2. The van der Waals surface area contributed by atoms with E-state index in [1.807, 2.05) is 23.6 Å². The van der Waals surface area contributed by atoms with Gasteiger partial charge in [-0.3, -0.25) is 4.98 Å². The molecule has 0 saturated carbocycles. The number of hydrogen-bond acceptors (Lipinski definition) is 6. The minimum atomic E-state index is 0.789. The molecule has 31 heavy (non-hydrogen) atoms. The second-order valence-electron chi connectivity index (χ2n) is 8.41. The number of rotatable bonds is 3. The summed E-state index contributed by atoms with van der Waals surface area (Å²) in [6.07, 6.45) is 7.25. The smallest absolute Gasteiger partial charge is 0.164 e. The highest BCUT2D eigenvalue weighted by atomic mass is 32.1. The quantitative estimate of drug-likeness (QED) is 0.466. The summed E-state index contributed by atoms with van der Waals surface area (Å²) < 4.78 is 0. The molecule has 1 fully saturated rings. The van der Waals surface area contributed by atoms with Gasteiger partial charge in [0.05, 0.1) is 5.39 Å². The molecule has 4 aromatic rings. The Morgan fingerprint density at radius 3 is 2.55 bits per heavy atom. The van der Waals surface area contributed by atoms with E-state index in [0.717, 1.165) is 54.6 Å². The molecule has 6 heteroatoms. The Balaban J connectivity index is 1.39. The zero-order valence-electron chi connectivity index (χ0n) is 17.7. The monoisotopic (exact) mass is 427 g/mol. The van der Waals surface area contributed by atoms with Crippen molar-refractivity contribution in [3.8, 4) is 11.4 Å². The molecule has 2 aliphatic rings. The second kappa shape index (κ2) is 7.61. The predicted molar refractivity (Wildman–Crippen MR) is 128 cm³/mol. The molecule has 0 spiro atoms. The number of pyridine rings is 1. The van der Waals surface area contributed by atoms with E-state index in [2.05, 4.69) is 52.0 Å². The SMILES string of the molecule is Cc1ccccc1N1CCN(c2nc(-c3cccnc3)nc3sc4c(c23)CCC4)CC1. The molecule has 4 heterocycles. The Bertz CT molecular complexity index is 1240. The van der Waals surface area contributed by atoms with Gasteiger partial charge in [0.15, 0.2) is 5.82 Å². The van der Waals surface area contributed by atoms with Crippen LogP contribution in [0.25, 0.3) is 21.6 Å². The molecular formula is C25H25N5S. The van der Waals surface area contributed by atoms with Crippen LogP contribution in [0.5, 0.6) is 0 Å². The average Bonchev–Trinajstić information content (AvgIpc) is 3.41. The summed E-state index contributed by atoms with van der Waals surface area (Å²) in [4.78, 5) is 22.0. The van der Waals surface area contributed by atoms with Crippen LogP contribution in [0.4, 0.5) is 11.5 Å². The molecule has 0 radical (unpaired) electrons. The summed E-state index contributed by atoms with van der Waals surface area (Å²) >= 11 is 1.86. The number of hydrogen-bond donors (Lipinski definition) is 0. The molecule has 1 aromatic carbocycles. The Hall–Kier alpha value is -2.99. The number of aromatic nitrogens is 3. The van der Waals surface area contributed by atoms with Gasteiger partial charge in [-0.05, 0) is 55.5 Å². The molecule has 1 saturated heterocycles. The fourth-order valence-electron chi connectivity index (χ4n) is 4.91. The maximum absolute atomic E-state index is 5.12. The first-order valence-electron chi connectivity index (χ1n) is 11.1. The number of para-hydroxylation sites is 1. The third-order valence-electron chi connectivity index (χ3n) is 6.50. The number of thiophene rings is 1. The van der Waals surface area contributed by atoms with Crippen LogP contribution in [-0.2, 0) is 12.8 Å². The first kappa shape index (κ1) is 18.8. The Morgan fingerprint density at radius 2 is 1.74 bits per heavy atom. The summed E-state index contributed by atoms with van der Waals surface area (Å²) in [5.74, 6) is 1.91. The van der Waals surface area contributed by atoms with Crippen LogP contribution in [0, 0.1) is 6.92 Å². The van der Waals surface area contributed by atoms with Crippen LogP contribution in [0.2, 0.25) is 0 Å². The number of fused-ring (bicyclic) bond motifs is 3. The Labute approximate surface area is 186 Å². The standard InChI is InChI=1S/C25H25N5S/c1-17-6-2-3-9-20(17)29-12-14-30(15-13-29)24-22-19-8-4-10-21(19)31-25(22)28-23(27-24)18-7-5-11-26-16-18/h2-3,5-7,9,11,16H,4,8,10,12-15H2,1H3. The van der Waals surface area contributed by atoms with E-state index in [1.165, 1.54) is 39.9 Å². The van der Waals surface area contributed by atoms with Crippen LogP contribution in [-0.4, -0.2) is 41.1 Å². The Morgan fingerprint density at radius 1 is 0.903 bits per heavy atom. The van der Waals surface area contributed by atoms with Gasteiger partial charge in [-0.15, -0.1) is 11.3 Å². The van der Waals surface area contributed by atoms with Crippen molar-refractivity contribution in [3.05, 3.63) is 64.8 Å². The van der Waals surface area contributed by atoms with Crippen LogP contribution < -0.4 is 9.80 Å². The highest BCUT2D eigenvalue weighted by Crippen LogP contribution is 2.41. The van der Waals surface area contributed by atoms with Gasteiger partial charge in [-0.1, -0.05) is 18.2 Å². The van der Waals surface area contributed by atoms with Crippen molar-refractivity contribution in [2.24, 2.45) is 0 Å². The minimum Gasteiger partial charge on any atom is -0.368 e.